The van der Waals surface area contributed by atoms with Crippen molar-refractivity contribution in [2.75, 3.05) is 0 Å². The molecule has 3 rings (SSSR count). The van der Waals surface area contributed by atoms with Crippen molar-refractivity contribution in [2.45, 2.75) is 0 Å². The second kappa shape index (κ2) is 4.89. The molecule has 0 atom stereocenters. The molecule has 86 valence electrons. The minimum atomic E-state index is -0.568. The molecule has 2 aromatic carbocycles. The van der Waals surface area contributed by atoms with Crippen LogP contribution in [0.3, 0.4) is 0 Å². The van der Waals surface area contributed by atoms with Gasteiger partial charge in [0, 0.05) is 0 Å². The lowest BCUT2D eigenvalue weighted by Crippen LogP contribution is -1.90. The Labute approximate surface area is 122 Å². The zero-order valence-corrected chi connectivity index (χ0v) is 9.31. The van der Waals surface area contributed by atoms with Crippen molar-refractivity contribution in [2.24, 2.45) is 0 Å². The molecule has 0 saturated heterocycles. The molecule has 0 heterocycles. The first kappa shape index (κ1) is 4.40. The Kier molecular flexibility index (Phi) is 1.19. The van der Waals surface area contributed by atoms with Crippen molar-refractivity contribution in [1.82, 2.24) is 0 Å². The monoisotopic (exact) mass is 240 g/mol. The van der Waals surface area contributed by atoms with Gasteiger partial charge in [-0.15, -0.1) is 0 Å². The standard InChI is InChI=1S/C18H14/c1-3-9-15(10-4-1)18(17-13-7-8-14-17)16-11-5-2-6-12-16/h1-14H/i1D,2D,3D,4D,5D,6D,9D,10D,11D,12D. The van der Waals surface area contributed by atoms with E-state index in [0.29, 0.717) is 5.57 Å². The highest BCUT2D eigenvalue weighted by atomic mass is 14.1. The number of hydrogen-bond acceptors (Lipinski definition) is 0. The van der Waals surface area contributed by atoms with Crippen LogP contribution in [0.15, 0.2) is 90.3 Å². The van der Waals surface area contributed by atoms with E-state index in [9.17, 15) is 0 Å². The third kappa shape index (κ3) is 2.05. The van der Waals surface area contributed by atoms with Crippen LogP contribution in [0.2, 0.25) is 0 Å². The highest BCUT2D eigenvalue weighted by Gasteiger charge is 2.09. The maximum atomic E-state index is 8.26. The molecular formula is C18H14. The van der Waals surface area contributed by atoms with Crippen LogP contribution in [0.5, 0.6) is 0 Å². The predicted octanol–water partition coefficient (Wildman–Crippen LogP) is 4.61. The Hall–Kier alpha value is -2.34. The molecule has 2 aromatic rings. The molecule has 1 aliphatic carbocycles. The molecule has 1 aliphatic rings. The van der Waals surface area contributed by atoms with E-state index in [1.807, 2.05) is 0 Å². The van der Waals surface area contributed by atoms with Crippen LogP contribution in [-0.2, 0) is 0 Å². The third-order valence-corrected chi connectivity index (χ3v) is 2.45. The SMILES string of the molecule is [2H]c1c([2H])c([2H])c(C(=C2C=CC=C2)c2c([2H])c([2H])c([2H])c([2H])c2[2H])c([2H])c1[2H]. The van der Waals surface area contributed by atoms with Gasteiger partial charge in [0.25, 0.3) is 0 Å². The largest absolute Gasteiger partial charge is 0.0629 e. The van der Waals surface area contributed by atoms with Crippen molar-refractivity contribution in [3.05, 3.63) is 101 Å². The van der Waals surface area contributed by atoms with Crippen LogP contribution in [0, 0.1) is 0 Å². The van der Waals surface area contributed by atoms with Gasteiger partial charge < -0.3 is 0 Å². The smallest absolute Gasteiger partial charge is 0.0622 e. The van der Waals surface area contributed by atoms with Gasteiger partial charge in [0.2, 0.25) is 0 Å². The fraction of sp³-hybridized carbons (Fsp3) is 0. The molecule has 0 unspecified atom stereocenters. The van der Waals surface area contributed by atoms with Gasteiger partial charge in [-0.2, -0.15) is 0 Å². The van der Waals surface area contributed by atoms with Crippen molar-refractivity contribution in [3.8, 4) is 0 Å². The van der Waals surface area contributed by atoms with Crippen molar-refractivity contribution in [1.29, 1.82) is 0 Å². The lowest BCUT2D eigenvalue weighted by molar-refractivity contribution is 1.52. The number of rotatable bonds is 2. The normalized spacial score (nSPS) is 20.8. The summed E-state index contributed by atoms with van der Waals surface area (Å²) in [5.74, 6) is 0. The Balaban J connectivity index is 2.55. The molecule has 0 saturated carbocycles. The molecule has 18 heavy (non-hydrogen) atoms. The van der Waals surface area contributed by atoms with Crippen LogP contribution in [0.4, 0.5) is 0 Å². The van der Waals surface area contributed by atoms with Gasteiger partial charge in [0.05, 0.1) is 13.7 Å². The van der Waals surface area contributed by atoms with Gasteiger partial charge in [0.15, 0.2) is 0 Å². The summed E-state index contributed by atoms with van der Waals surface area (Å²) in [5, 5.41) is 0. The minimum absolute atomic E-state index is 0.000926. The van der Waals surface area contributed by atoms with E-state index in [0.717, 1.165) is 0 Å². The molecular weight excluding hydrogens is 216 g/mol. The highest BCUT2D eigenvalue weighted by Crippen LogP contribution is 2.29. The minimum Gasteiger partial charge on any atom is -0.0622 e. The fourth-order valence-corrected chi connectivity index (χ4v) is 1.70. The quantitative estimate of drug-likeness (QED) is 0.719. The van der Waals surface area contributed by atoms with E-state index in [4.69, 9.17) is 13.7 Å². The molecule has 0 spiro atoms. The molecule has 0 fully saturated rings. The molecule has 0 heteroatoms. The fourth-order valence-electron chi connectivity index (χ4n) is 1.70. The van der Waals surface area contributed by atoms with Crippen molar-refractivity contribution >= 4 is 5.57 Å². The average Bonchev–Trinajstić information content (AvgIpc) is 3.21. The van der Waals surface area contributed by atoms with E-state index in [-0.39, 0.29) is 16.7 Å². The molecule has 0 nitrogen and oxygen atoms in total. The molecule has 0 aromatic heterocycles. The first-order chi connectivity index (χ1) is 13.1. The number of hydrogen-bond donors (Lipinski definition) is 0. The van der Waals surface area contributed by atoms with Crippen LogP contribution in [0.1, 0.15) is 24.8 Å². The van der Waals surface area contributed by atoms with Gasteiger partial charge in [-0.05, 0) is 22.3 Å². The Morgan fingerprint density at radius 3 is 1.56 bits per heavy atom. The molecule has 0 aliphatic heterocycles. The summed E-state index contributed by atoms with van der Waals surface area (Å²) >= 11 is 0. The second-order valence-corrected chi connectivity index (χ2v) is 3.55. The number of benzene rings is 2. The van der Waals surface area contributed by atoms with E-state index >= 15 is 0 Å². The molecule has 0 amide bonds. The van der Waals surface area contributed by atoms with E-state index in [1.165, 1.54) is 0 Å². The summed E-state index contributed by atoms with van der Waals surface area (Å²) in [5.41, 5.74) is -0.0393. The Bertz CT molecular complexity index is 965. The Morgan fingerprint density at radius 2 is 1.11 bits per heavy atom. The first-order valence-corrected chi connectivity index (χ1v) is 5.33. The summed E-state index contributed by atoms with van der Waals surface area (Å²) in [6.07, 6.45) is 6.49. The molecule has 0 N–H and O–H groups in total. The zero-order chi connectivity index (χ0) is 20.9. The lowest BCUT2D eigenvalue weighted by atomic mass is 9.93. The summed E-state index contributed by atoms with van der Waals surface area (Å²) in [6.45, 7) is 0. The summed E-state index contributed by atoms with van der Waals surface area (Å²) in [6, 6.07) is -5.41. The van der Waals surface area contributed by atoms with E-state index in [1.54, 1.807) is 24.3 Å². The van der Waals surface area contributed by atoms with Gasteiger partial charge in [-0.1, -0.05) is 84.7 Å². The highest BCUT2D eigenvalue weighted by molar-refractivity contribution is 5.85. The van der Waals surface area contributed by atoms with Crippen molar-refractivity contribution in [3.63, 3.8) is 0 Å². The zero-order valence-electron chi connectivity index (χ0n) is 19.3. The first-order valence-electron chi connectivity index (χ1n) is 10.3. The maximum absolute atomic E-state index is 8.26. The van der Waals surface area contributed by atoms with Crippen molar-refractivity contribution < 1.29 is 13.7 Å². The van der Waals surface area contributed by atoms with Crippen LogP contribution < -0.4 is 0 Å². The summed E-state index contributed by atoms with van der Waals surface area (Å²) in [4.78, 5) is 0. The number of allylic oxidation sites excluding steroid dienone is 5. The molecule has 0 radical (unpaired) electrons. The lowest BCUT2D eigenvalue weighted by Gasteiger charge is -2.10. The van der Waals surface area contributed by atoms with Gasteiger partial charge in [-0.3, -0.25) is 0 Å². The van der Waals surface area contributed by atoms with Gasteiger partial charge >= 0.3 is 0 Å². The average molecular weight is 240 g/mol. The van der Waals surface area contributed by atoms with Gasteiger partial charge in [0.1, 0.15) is 0 Å². The second-order valence-electron chi connectivity index (χ2n) is 3.55. The van der Waals surface area contributed by atoms with Crippen LogP contribution in [0.25, 0.3) is 5.57 Å². The van der Waals surface area contributed by atoms with Crippen LogP contribution in [-0.4, -0.2) is 0 Å². The topological polar surface area (TPSA) is 0 Å². The maximum Gasteiger partial charge on any atom is 0.0629 e. The van der Waals surface area contributed by atoms with E-state index in [2.05, 4.69) is 0 Å². The third-order valence-electron chi connectivity index (χ3n) is 2.45. The Morgan fingerprint density at radius 1 is 0.667 bits per heavy atom. The van der Waals surface area contributed by atoms with Gasteiger partial charge in [-0.25, -0.2) is 0 Å². The van der Waals surface area contributed by atoms with E-state index < -0.39 is 60.4 Å². The summed E-state index contributed by atoms with van der Waals surface area (Å²) in [7, 11) is 0. The molecule has 0 bridgehead atoms. The van der Waals surface area contributed by atoms with Crippen LogP contribution >= 0.6 is 0 Å². The summed E-state index contributed by atoms with van der Waals surface area (Å²) < 4.78 is 80.3. The predicted molar refractivity (Wildman–Crippen MR) is 77.2 cm³/mol.